The molecule has 0 aromatic heterocycles. The number of nitrogens with two attached hydrogens (primary N) is 1. The zero-order valence-electron chi connectivity index (χ0n) is 16.2. The summed E-state index contributed by atoms with van der Waals surface area (Å²) in [7, 11) is 0. The highest BCUT2D eigenvalue weighted by Gasteiger charge is 2.25. The standard InChI is InChI=1S/C20H30N4O2.2ClH/c21-17-6-4-5-16(15-17)20(26)22-10-9-19(25)24-13-11-23(12-14-24)18-7-2-1-3-8-18;;/h1-3,7-8,16-17H,4-6,9-15,21H2,(H,22,26);2*1H. The number of para-hydroxylation sites is 1. The summed E-state index contributed by atoms with van der Waals surface area (Å²) in [6.07, 6.45) is 4.08. The van der Waals surface area contributed by atoms with Crippen molar-refractivity contribution < 1.29 is 9.59 Å². The molecule has 2 atom stereocenters. The molecule has 0 bridgehead atoms. The first kappa shape index (κ1) is 24.5. The Morgan fingerprint density at radius 2 is 1.71 bits per heavy atom. The average Bonchev–Trinajstić information content (AvgIpc) is 2.68. The second kappa shape index (κ2) is 12.1. The van der Waals surface area contributed by atoms with Gasteiger partial charge in [0.1, 0.15) is 0 Å². The van der Waals surface area contributed by atoms with E-state index >= 15 is 0 Å². The van der Waals surface area contributed by atoms with Gasteiger partial charge in [0.25, 0.3) is 0 Å². The Balaban J connectivity index is 0.00000196. The fourth-order valence-corrected chi connectivity index (χ4v) is 3.91. The van der Waals surface area contributed by atoms with E-state index in [9.17, 15) is 9.59 Å². The highest BCUT2D eigenvalue weighted by atomic mass is 35.5. The summed E-state index contributed by atoms with van der Waals surface area (Å²) in [6.45, 7) is 3.59. The van der Waals surface area contributed by atoms with Crippen LogP contribution in [0.3, 0.4) is 0 Å². The molecule has 1 saturated carbocycles. The normalized spacial score (nSPS) is 21.9. The average molecular weight is 431 g/mol. The number of hydrogen-bond donors (Lipinski definition) is 2. The molecule has 1 saturated heterocycles. The van der Waals surface area contributed by atoms with Gasteiger partial charge in [0, 0.05) is 56.8 Å². The molecule has 0 spiro atoms. The van der Waals surface area contributed by atoms with Crippen molar-refractivity contribution in [1.29, 1.82) is 0 Å². The maximum absolute atomic E-state index is 12.4. The zero-order valence-corrected chi connectivity index (χ0v) is 17.9. The minimum absolute atomic E-state index is 0. The van der Waals surface area contributed by atoms with Crippen LogP contribution in [0.1, 0.15) is 32.1 Å². The molecular weight excluding hydrogens is 399 g/mol. The first-order valence-electron chi connectivity index (χ1n) is 9.74. The van der Waals surface area contributed by atoms with Gasteiger partial charge in [-0.1, -0.05) is 24.6 Å². The van der Waals surface area contributed by atoms with Gasteiger partial charge in [-0.2, -0.15) is 0 Å². The van der Waals surface area contributed by atoms with Crippen LogP contribution in [0.15, 0.2) is 30.3 Å². The third-order valence-corrected chi connectivity index (χ3v) is 5.48. The monoisotopic (exact) mass is 430 g/mol. The van der Waals surface area contributed by atoms with E-state index in [2.05, 4.69) is 22.3 Å². The van der Waals surface area contributed by atoms with E-state index in [4.69, 9.17) is 5.73 Å². The Morgan fingerprint density at radius 1 is 1.04 bits per heavy atom. The van der Waals surface area contributed by atoms with Crippen LogP contribution in [-0.2, 0) is 9.59 Å². The van der Waals surface area contributed by atoms with Crippen LogP contribution in [0.25, 0.3) is 0 Å². The zero-order chi connectivity index (χ0) is 18.4. The summed E-state index contributed by atoms with van der Waals surface area (Å²) in [6, 6.07) is 10.4. The second-order valence-electron chi connectivity index (χ2n) is 7.37. The molecule has 8 heteroatoms. The number of hydrogen-bond acceptors (Lipinski definition) is 4. The highest BCUT2D eigenvalue weighted by molar-refractivity contribution is 5.85. The lowest BCUT2D eigenvalue weighted by atomic mass is 9.85. The van der Waals surface area contributed by atoms with Gasteiger partial charge in [-0.3, -0.25) is 9.59 Å². The number of piperazine rings is 1. The number of anilines is 1. The molecule has 2 fully saturated rings. The Morgan fingerprint density at radius 3 is 2.36 bits per heavy atom. The third kappa shape index (κ3) is 6.83. The van der Waals surface area contributed by atoms with Crippen LogP contribution in [0.4, 0.5) is 5.69 Å². The molecule has 158 valence electrons. The Kier molecular flexibility index (Phi) is 10.6. The van der Waals surface area contributed by atoms with E-state index < -0.39 is 0 Å². The fourth-order valence-electron chi connectivity index (χ4n) is 3.91. The van der Waals surface area contributed by atoms with Gasteiger partial charge in [-0.05, 0) is 31.4 Å². The van der Waals surface area contributed by atoms with Crippen LogP contribution in [0.5, 0.6) is 0 Å². The van der Waals surface area contributed by atoms with E-state index in [0.29, 0.717) is 13.0 Å². The molecule has 2 unspecified atom stereocenters. The van der Waals surface area contributed by atoms with E-state index in [1.54, 1.807) is 0 Å². The summed E-state index contributed by atoms with van der Waals surface area (Å²) in [5.74, 6) is 0.198. The summed E-state index contributed by atoms with van der Waals surface area (Å²) in [5, 5.41) is 2.93. The van der Waals surface area contributed by atoms with Crippen molar-refractivity contribution >= 4 is 42.3 Å². The first-order valence-corrected chi connectivity index (χ1v) is 9.74. The predicted octanol–water partition coefficient (Wildman–Crippen LogP) is 2.20. The maximum atomic E-state index is 12.4. The van der Waals surface area contributed by atoms with Crippen molar-refractivity contribution in [2.45, 2.75) is 38.1 Å². The lowest BCUT2D eigenvalue weighted by Crippen LogP contribution is -2.49. The Labute approximate surface area is 180 Å². The number of amides is 2. The van der Waals surface area contributed by atoms with Gasteiger partial charge in [-0.15, -0.1) is 24.8 Å². The predicted molar refractivity (Wildman–Crippen MR) is 117 cm³/mol. The Hall–Kier alpha value is -1.50. The minimum atomic E-state index is 0. The van der Waals surface area contributed by atoms with Crippen LogP contribution in [0, 0.1) is 5.92 Å². The molecule has 28 heavy (non-hydrogen) atoms. The molecule has 3 rings (SSSR count). The van der Waals surface area contributed by atoms with Gasteiger partial charge in [0.15, 0.2) is 0 Å². The number of carbonyl (C=O) groups is 2. The van der Waals surface area contributed by atoms with Crippen molar-refractivity contribution in [3.63, 3.8) is 0 Å². The Bertz CT molecular complexity index is 609. The number of nitrogens with zero attached hydrogens (tertiary/aromatic N) is 2. The third-order valence-electron chi connectivity index (χ3n) is 5.48. The van der Waals surface area contributed by atoms with Crippen molar-refractivity contribution in [3.8, 4) is 0 Å². The molecule has 1 aliphatic carbocycles. The van der Waals surface area contributed by atoms with Gasteiger partial charge in [-0.25, -0.2) is 0 Å². The molecule has 1 aromatic rings. The summed E-state index contributed by atoms with van der Waals surface area (Å²) >= 11 is 0. The molecule has 3 N–H and O–H groups in total. The number of benzene rings is 1. The van der Waals surface area contributed by atoms with Crippen LogP contribution in [0.2, 0.25) is 0 Å². The van der Waals surface area contributed by atoms with E-state index in [-0.39, 0.29) is 48.6 Å². The SMILES string of the molecule is Cl.Cl.NC1CCCC(C(=O)NCCC(=O)N2CCN(c3ccccc3)CC2)C1. The molecule has 1 aliphatic heterocycles. The molecule has 1 heterocycles. The van der Waals surface area contributed by atoms with Gasteiger partial charge in [0.05, 0.1) is 0 Å². The summed E-state index contributed by atoms with van der Waals surface area (Å²) < 4.78 is 0. The topological polar surface area (TPSA) is 78.7 Å². The largest absolute Gasteiger partial charge is 0.368 e. The van der Waals surface area contributed by atoms with Crippen molar-refractivity contribution in [3.05, 3.63) is 30.3 Å². The van der Waals surface area contributed by atoms with Crippen molar-refractivity contribution in [1.82, 2.24) is 10.2 Å². The summed E-state index contributed by atoms with van der Waals surface area (Å²) in [4.78, 5) is 28.8. The first-order chi connectivity index (χ1) is 12.6. The van der Waals surface area contributed by atoms with Gasteiger partial charge in [0.2, 0.25) is 11.8 Å². The van der Waals surface area contributed by atoms with Crippen LogP contribution in [-0.4, -0.2) is 55.5 Å². The molecule has 2 aliphatic rings. The second-order valence-corrected chi connectivity index (χ2v) is 7.37. The van der Waals surface area contributed by atoms with E-state index in [1.165, 1.54) is 5.69 Å². The minimum Gasteiger partial charge on any atom is -0.368 e. The smallest absolute Gasteiger partial charge is 0.224 e. The highest BCUT2D eigenvalue weighted by Crippen LogP contribution is 2.23. The van der Waals surface area contributed by atoms with Crippen LogP contribution >= 0.6 is 24.8 Å². The summed E-state index contributed by atoms with van der Waals surface area (Å²) in [5.41, 5.74) is 7.15. The number of rotatable bonds is 5. The molecular formula is C20H32Cl2N4O2. The molecule has 1 aromatic carbocycles. The van der Waals surface area contributed by atoms with Crippen molar-refractivity contribution in [2.24, 2.45) is 11.7 Å². The van der Waals surface area contributed by atoms with E-state index in [1.807, 2.05) is 23.1 Å². The lowest BCUT2D eigenvalue weighted by molar-refractivity contribution is -0.131. The van der Waals surface area contributed by atoms with Gasteiger partial charge < -0.3 is 20.9 Å². The van der Waals surface area contributed by atoms with Crippen molar-refractivity contribution in [2.75, 3.05) is 37.6 Å². The number of nitrogens with one attached hydrogen (secondary N) is 1. The maximum Gasteiger partial charge on any atom is 0.224 e. The fraction of sp³-hybridized carbons (Fsp3) is 0.600. The van der Waals surface area contributed by atoms with E-state index in [0.717, 1.165) is 51.9 Å². The van der Waals surface area contributed by atoms with Crippen LogP contribution < -0.4 is 16.0 Å². The number of halogens is 2. The molecule has 2 amide bonds. The quantitative estimate of drug-likeness (QED) is 0.750. The number of carbonyl (C=O) groups excluding carboxylic acids is 2. The van der Waals surface area contributed by atoms with Gasteiger partial charge >= 0.3 is 0 Å². The lowest BCUT2D eigenvalue weighted by Gasteiger charge is -2.36. The molecule has 6 nitrogen and oxygen atoms in total. The molecule has 0 radical (unpaired) electrons.